The van der Waals surface area contributed by atoms with E-state index in [0.717, 1.165) is 67.3 Å². The molecule has 0 atom stereocenters. The van der Waals surface area contributed by atoms with Gasteiger partial charge < -0.3 is 19.1 Å². The predicted octanol–water partition coefficient (Wildman–Crippen LogP) is 13.8. The number of benzene rings is 7. The molecule has 6 heteroatoms. The Hall–Kier alpha value is -7.76. The third kappa shape index (κ3) is 7.42. The van der Waals surface area contributed by atoms with Crippen molar-refractivity contribution < 1.29 is 20.1 Å². The number of rotatable bonds is 6. The van der Waals surface area contributed by atoms with Crippen molar-refractivity contribution in [2.45, 2.75) is 0 Å². The van der Waals surface area contributed by atoms with Crippen molar-refractivity contribution in [1.82, 2.24) is 24.1 Å². The Balaban J connectivity index is 0.000000196. The minimum Gasteiger partial charge on any atom is -0.319 e. The molecule has 63 heavy (non-hydrogen) atoms. The topological polar surface area (TPSA) is 48.5 Å². The fourth-order valence-electron chi connectivity index (χ4n) is 8.53. The van der Waals surface area contributed by atoms with Crippen molar-refractivity contribution in [3.63, 3.8) is 0 Å². The molecule has 0 saturated heterocycles. The fraction of sp³-hybridized carbons (Fsp3) is 0. The van der Waals surface area contributed by atoms with Crippen molar-refractivity contribution >= 4 is 43.6 Å². The van der Waals surface area contributed by atoms with Gasteiger partial charge in [-0.3, -0.25) is 0 Å². The van der Waals surface area contributed by atoms with E-state index in [4.69, 9.17) is 0 Å². The summed E-state index contributed by atoms with van der Waals surface area (Å²) < 4.78 is 4.52. The Bertz CT molecular complexity index is 3460. The van der Waals surface area contributed by atoms with E-state index in [9.17, 15) is 0 Å². The Morgan fingerprint density at radius 3 is 1.95 bits per heavy atom. The molecule has 0 radical (unpaired) electrons. The molecule has 298 valence electrons. The van der Waals surface area contributed by atoms with Gasteiger partial charge in [-0.2, -0.15) is 24.3 Å². The molecule has 0 saturated carbocycles. The van der Waals surface area contributed by atoms with E-state index >= 15 is 0 Å². The number of para-hydroxylation sites is 3. The summed E-state index contributed by atoms with van der Waals surface area (Å²) in [7, 11) is 0. The van der Waals surface area contributed by atoms with E-state index in [2.05, 4.69) is 170 Å². The summed E-state index contributed by atoms with van der Waals surface area (Å²) in [6.45, 7) is 0. The molecule has 0 aliphatic rings. The summed E-state index contributed by atoms with van der Waals surface area (Å²) >= 11 is 0. The minimum absolute atomic E-state index is 0. The van der Waals surface area contributed by atoms with Gasteiger partial charge in [0.05, 0.1) is 11.0 Å². The van der Waals surface area contributed by atoms with Gasteiger partial charge in [0.1, 0.15) is 5.82 Å². The SMILES string of the molecule is [Ir+3].[c-]1cccc2c3ccccc3n(-c3ccccn3)c12.[c-]1ccccc1-c1cc(-c2cccc3c2c2cc(-c4cc[c-]c(-c5ccccn5)c4)ccc2n3-c2ccccc2)ccn1. The maximum atomic E-state index is 4.67. The van der Waals surface area contributed by atoms with Crippen LogP contribution < -0.4 is 0 Å². The summed E-state index contributed by atoms with van der Waals surface area (Å²) in [6, 6.07) is 78.9. The molecule has 5 aromatic heterocycles. The zero-order chi connectivity index (χ0) is 41.2. The zero-order valence-electron chi connectivity index (χ0n) is 33.9. The molecular weight excluding hydrogens is 947 g/mol. The van der Waals surface area contributed by atoms with E-state index in [-0.39, 0.29) is 20.1 Å². The summed E-state index contributed by atoms with van der Waals surface area (Å²) in [4.78, 5) is 13.7. The van der Waals surface area contributed by atoms with Crippen molar-refractivity contribution in [2.24, 2.45) is 0 Å². The van der Waals surface area contributed by atoms with Gasteiger partial charge in [-0.05, 0) is 94.1 Å². The first-order valence-corrected chi connectivity index (χ1v) is 20.6. The van der Waals surface area contributed by atoms with Crippen LogP contribution in [-0.4, -0.2) is 24.1 Å². The molecule has 0 N–H and O–H groups in total. The number of fused-ring (bicyclic) bond motifs is 6. The molecule has 0 unspecified atom stereocenters. The van der Waals surface area contributed by atoms with Crippen LogP contribution >= 0.6 is 0 Å². The van der Waals surface area contributed by atoms with Crippen LogP contribution in [0.1, 0.15) is 0 Å². The van der Waals surface area contributed by atoms with Crippen molar-refractivity contribution in [3.05, 3.63) is 237 Å². The second-order valence-electron chi connectivity index (χ2n) is 15.0. The molecule has 12 rings (SSSR count). The number of hydrogen-bond donors (Lipinski definition) is 0. The molecule has 12 aromatic rings. The van der Waals surface area contributed by atoms with Gasteiger partial charge in [-0.25, -0.2) is 4.98 Å². The van der Waals surface area contributed by atoms with Crippen LogP contribution in [-0.2, 0) is 20.1 Å². The number of hydrogen-bond acceptors (Lipinski definition) is 3. The summed E-state index contributed by atoms with van der Waals surface area (Å²) in [6.07, 6.45) is 5.53. The van der Waals surface area contributed by atoms with Crippen LogP contribution in [0.25, 0.3) is 99.9 Å². The second kappa shape index (κ2) is 17.3. The average molecular weight is 983 g/mol. The minimum atomic E-state index is 0. The summed E-state index contributed by atoms with van der Waals surface area (Å²) in [5, 5.41) is 4.86. The van der Waals surface area contributed by atoms with Gasteiger partial charge in [0, 0.05) is 40.6 Å². The Kier molecular flexibility index (Phi) is 10.8. The van der Waals surface area contributed by atoms with Crippen LogP contribution in [0.2, 0.25) is 0 Å². The molecule has 0 amide bonds. The monoisotopic (exact) mass is 983 g/mol. The molecule has 0 fully saturated rings. The fourth-order valence-corrected chi connectivity index (χ4v) is 8.53. The Labute approximate surface area is 379 Å². The predicted molar refractivity (Wildman–Crippen MR) is 253 cm³/mol. The first kappa shape index (κ1) is 39.4. The Morgan fingerprint density at radius 2 is 1.11 bits per heavy atom. The third-order valence-electron chi connectivity index (χ3n) is 11.3. The molecular formula is C57H36IrN5. The zero-order valence-corrected chi connectivity index (χ0v) is 36.2. The third-order valence-corrected chi connectivity index (χ3v) is 11.3. The van der Waals surface area contributed by atoms with Crippen LogP contribution in [0.5, 0.6) is 0 Å². The number of nitrogens with zero attached hydrogens (tertiary/aromatic N) is 5. The van der Waals surface area contributed by atoms with Crippen molar-refractivity contribution in [1.29, 1.82) is 0 Å². The van der Waals surface area contributed by atoms with Crippen molar-refractivity contribution in [3.8, 4) is 56.3 Å². The molecule has 0 aliphatic carbocycles. The van der Waals surface area contributed by atoms with Crippen molar-refractivity contribution in [2.75, 3.05) is 0 Å². The first-order valence-electron chi connectivity index (χ1n) is 20.6. The number of aromatic nitrogens is 5. The molecule has 5 heterocycles. The van der Waals surface area contributed by atoms with Crippen LogP contribution in [0.4, 0.5) is 0 Å². The van der Waals surface area contributed by atoms with Gasteiger partial charge in [0.15, 0.2) is 0 Å². The molecule has 0 bridgehead atoms. The Morgan fingerprint density at radius 1 is 0.381 bits per heavy atom. The molecule has 0 aliphatic heterocycles. The largest absolute Gasteiger partial charge is 3.00 e. The molecule has 0 spiro atoms. The van der Waals surface area contributed by atoms with E-state index in [1.165, 1.54) is 32.6 Å². The van der Waals surface area contributed by atoms with Crippen LogP contribution in [0, 0.1) is 18.2 Å². The maximum Gasteiger partial charge on any atom is 3.00 e. The van der Waals surface area contributed by atoms with E-state index < -0.39 is 0 Å². The van der Waals surface area contributed by atoms with Gasteiger partial charge in [0.2, 0.25) is 0 Å². The van der Waals surface area contributed by atoms with E-state index in [0.29, 0.717) is 0 Å². The van der Waals surface area contributed by atoms with Gasteiger partial charge in [-0.15, -0.1) is 76.7 Å². The average Bonchev–Trinajstić information content (AvgIpc) is 3.88. The first-order chi connectivity index (χ1) is 30.8. The number of pyridine rings is 3. The van der Waals surface area contributed by atoms with Gasteiger partial charge in [-0.1, -0.05) is 84.4 Å². The standard InChI is InChI=1S/C40H25N3.C17H11N2.Ir/c1-3-11-28(12-4-1)37-27-31(22-24-42-37)34-17-10-19-39-40(34)35-26-30(20-21-38(35)43(39)33-15-5-2-6-16-33)29-13-9-14-32(25-29)36-18-7-8-23-41-36;1-3-9-15-13(7-1)14-8-2-4-10-16(14)19(15)17-11-5-6-12-18-17;/h1-11,13,15-27H;1-9,11-12H;/q-2;-1;+3. The second-order valence-corrected chi connectivity index (χ2v) is 15.0. The quantitative estimate of drug-likeness (QED) is 0.156. The molecule has 7 aromatic carbocycles. The summed E-state index contributed by atoms with van der Waals surface area (Å²) in [5.74, 6) is 0.927. The molecule has 5 nitrogen and oxygen atoms in total. The summed E-state index contributed by atoms with van der Waals surface area (Å²) in [5.41, 5.74) is 14.0. The van der Waals surface area contributed by atoms with E-state index in [1.54, 1.807) is 0 Å². The smallest absolute Gasteiger partial charge is 0.319 e. The maximum absolute atomic E-state index is 4.67. The van der Waals surface area contributed by atoms with Gasteiger partial charge >= 0.3 is 20.1 Å². The van der Waals surface area contributed by atoms with E-state index in [1.807, 2.05) is 91.4 Å². The van der Waals surface area contributed by atoms with Crippen LogP contribution in [0.3, 0.4) is 0 Å². The van der Waals surface area contributed by atoms with Crippen LogP contribution in [0.15, 0.2) is 219 Å². The normalized spacial score (nSPS) is 11.0. The van der Waals surface area contributed by atoms with Gasteiger partial charge in [0.25, 0.3) is 0 Å².